The van der Waals surface area contributed by atoms with Gasteiger partial charge in [0.2, 0.25) is 0 Å². The zero-order valence-corrected chi connectivity index (χ0v) is 11.4. The van der Waals surface area contributed by atoms with Gasteiger partial charge in [0.05, 0.1) is 5.60 Å². The first kappa shape index (κ1) is 14.7. The van der Waals surface area contributed by atoms with Crippen LogP contribution in [-0.2, 0) is 9.53 Å². The van der Waals surface area contributed by atoms with Crippen molar-refractivity contribution in [3.63, 3.8) is 0 Å². The fraction of sp³-hybridized carbons (Fsp3) is 0.533. The largest absolute Gasteiger partial charge is 0.454 e. The van der Waals surface area contributed by atoms with Crippen molar-refractivity contribution in [1.29, 1.82) is 0 Å². The summed E-state index contributed by atoms with van der Waals surface area (Å²) < 4.78 is 5.31. The number of rotatable bonds is 5. The molecule has 3 heteroatoms. The van der Waals surface area contributed by atoms with E-state index in [4.69, 9.17) is 4.74 Å². The molecule has 18 heavy (non-hydrogen) atoms. The van der Waals surface area contributed by atoms with Crippen LogP contribution in [0.25, 0.3) is 0 Å². The minimum absolute atomic E-state index is 0.158. The van der Waals surface area contributed by atoms with Crippen molar-refractivity contribution in [2.75, 3.05) is 0 Å². The van der Waals surface area contributed by atoms with E-state index >= 15 is 0 Å². The van der Waals surface area contributed by atoms with Crippen molar-refractivity contribution in [1.82, 2.24) is 0 Å². The van der Waals surface area contributed by atoms with Gasteiger partial charge in [0.25, 0.3) is 0 Å². The number of aliphatic hydroxyl groups is 1. The maximum absolute atomic E-state index is 11.4. The quantitative estimate of drug-likeness (QED) is 0.603. The first-order valence-corrected chi connectivity index (χ1v) is 6.26. The Hall–Kier alpha value is -1.35. The minimum Gasteiger partial charge on any atom is -0.454 e. The predicted octanol–water partition coefficient (Wildman–Crippen LogP) is 2.91. The van der Waals surface area contributed by atoms with E-state index in [1.165, 1.54) is 0 Å². The van der Waals surface area contributed by atoms with Crippen LogP contribution in [0.3, 0.4) is 0 Å². The SMILES string of the molecule is C=CC(C)(O)CCC=C(C)C1CC=C(C)C(=O)O1. The fourth-order valence-electron chi connectivity index (χ4n) is 1.74. The first-order valence-electron chi connectivity index (χ1n) is 6.26. The lowest BCUT2D eigenvalue weighted by atomic mass is 9.97. The molecule has 0 aliphatic carbocycles. The van der Waals surface area contributed by atoms with Crippen molar-refractivity contribution >= 4 is 5.97 Å². The van der Waals surface area contributed by atoms with E-state index < -0.39 is 5.60 Å². The average Bonchev–Trinajstić information content (AvgIpc) is 2.32. The topological polar surface area (TPSA) is 46.5 Å². The van der Waals surface area contributed by atoms with Gasteiger partial charge in [0.15, 0.2) is 0 Å². The van der Waals surface area contributed by atoms with Crippen LogP contribution in [-0.4, -0.2) is 22.8 Å². The molecule has 3 nitrogen and oxygen atoms in total. The molecule has 0 aromatic carbocycles. The van der Waals surface area contributed by atoms with Gasteiger partial charge in [0.1, 0.15) is 6.10 Å². The van der Waals surface area contributed by atoms with Gasteiger partial charge in [-0.15, -0.1) is 6.58 Å². The number of esters is 1. The summed E-state index contributed by atoms with van der Waals surface area (Å²) >= 11 is 0. The van der Waals surface area contributed by atoms with Crippen LogP contribution >= 0.6 is 0 Å². The van der Waals surface area contributed by atoms with Crippen molar-refractivity contribution in [2.45, 2.75) is 51.7 Å². The molecule has 0 amide bonds. The van der Waals surface area contributed by atoms with Gasteiger partial charge >= 0.3 is 5.97 Å². The van der Waals surface area contributed by atoms with Gasteiger partial charge in [-0.2, -0.15) is 0 Å². The summed E-state index contributed by atoms with van der Waals surface area (Å²) in [5, 5.41) is 9.78. The van der Waals surface area contributed by atoms with E-state index in [1.54, 1.807) is 19.9 Å². The number of allylic oxidation sites excluding steroid dienone is 1. The molecule has 2 unspecified atom stereocenters. The highest BCUT2D eigenvalue weighted by molar-refractivity contribution is 5.88. The van der Waals surface area contributed by atoms with Crippen LogP contribution in [0.5, 0.6) is 0 Å². The second kappa shape index (κ2) is 6.01. The third-order valence-electron chi connectivity index (χ3n) is 3.27. The molecule has 0 bridgehead atoms. The summed E-state index contributed by atoms with van der Waals surface area (Å²) in [6.45, 7) is 9.04. The highest BCUT2D eigenvalue weighted by Gasteiger charge is 2.21. The monoisotopic (exact) mass is 250 g/mol. The second-order valence-electron chi connectivity index (χ2n) is 5.06. The highest BCUT2D eigenvalue weighted by atomic mass is 16.5. The Labute approximate surface area is 109 Å². The Morgan fingerprint density at radius 1 is 1.72 bits per heavy atom. The van der Waals surface area contributed by atoms with Crippen LogP contribution in [0, 0.1) is 0 Å². The van der Waals surface area contributed by atoms with Gasteiger partial charge in [-0.3, -0.25) is 0 Å². The molecule has 2 atom stereocenters. The fourth-order valence-corrected chi connectivity index (χ4v) is 1.74. The van der Waals surface area contributed by atoms with Crippen molar-refractivity contribution in [3.8, 4) is 0 Å². The average molecular weight is 250 g/mol. The molecule has 1 rings (SSSR count). The third kappa shape index (κ3) is 4.15. The standard InChI is InChI=1S/C15H22O3/c1-5-15(4,17)10-6-7-11(2)13-9-8-12(3)14(16)18-13/h5,7-8,13,17H,1,6,9-10H2,2-4H3. The van der Waals surface area contributed by atoms with Crippen molar-refractivity contribution in [2.24, 2.45) is 0 Å². The highest BCUT2D eigenvalue weighted by Crippen LogP contribution is 2.21. The Bertz CT molecular complexity index is 389. The molecule has 0 saturated carbocycles. The lowest BCUT2D eigenvalue weighted by Crippen LogP contribution is -2.24. The first-order chi connectivity index (χ1) is 8.35. The normalized spacial score (nSPS) is 24.0. The van der Waals surface area contributed by atoms with Gasteiger partial charge in [-0.25, -0.2) is 4.79 Å². The van der Waals surface area contributed by atoms with E-state index in [0.29, 0.717) is 12.0 Å². The maximum atomic E-state index is 11.4. The van der Waals surface area contributed by atoms with E-state index in [2.05, 4.69) is 6.58 Å². The predicted molar refractivity (Wildman–Crippen MR) is 72.1 cm³/mol. The third-order valence-corrected chi connectivity index (χ3v) is 3.27. The molecule has 0 saturated heterocycles. The minimum atomic E-state index is -0.837. The lowest BCUT2D eigenvalue weighted by Gasteiger charge is -2.22. The zero-order chi connectivity index (χ0) is 13.8. The maximum Gasteiger partial charge on any atom is 0.333 e. The molecule has 0 aromatic rings. The van der Waals surface area contributed by atoms with Crippen LogP contribution < -0.4 is 0 Å². The molecule has 1 aliphatic rings. The molecule has 1 aliphatic heterocycles. The van der Waals surface area contributed by atoms with E-state index in [0.717, 1.165) is 18.4 Å². The number of ether oxygens (including phenoxy) is 1. The zero-order valence-electron chi connectivity index (χ0n) is 11.4. The van der Waals surface area contributed by atoms with E-state index in [9.17, 15) is 9.90 Å². The van der Waals surface area contributed by atoms with Gasteiger partial charge < -0.3 is 9.84 Å². The number of carbonyl (C=O) groups excluding carboxylic acids is 1. The van der Waals surface area contributed by atoms with Crippen LogP contribution in [0.1, 0.15) is 40.0 Å². The molecule has 1 N–H and O–H groups in total. The number of hydrogen-bond donors (Lipinski definition) is 1. The Balaban J connectivity index is 2.53. The summed E-state index contributed by atoms with van der Waals surface area (Å²) in [5.41, 5.74) is 0.872. The van der Waals surface area contributed by atoms with Crippen LogP contribution in [0.2, 0.25) is 0 Å². The summed E-state index contributed by atoms with van der Waals surface area (Å²) in [7, 11) is 0. The summed E-state index contributed by atoms with van der Waals surface area (Å²) in [6.07, 6.45) is 7.40. The summed E-state index contributed by atoms with van der Waals surface area (Å²) in [5.74, 6) is -0.239. The molecule has 0 aromatic heterocycles. The van der Waals surface area contributed by atoms with Gasteiger partial charge in [0, 0.05) is 12.0 Å². The Kier molecular flexibility index (Phi) is 4.91. The molecular weight excluding hydrogens is 228 g/mol. The number of hydrogen-bond acceptors (Lipinski definition) is 3. The Morgan fingerprint density at radius 3 is 2.94 bits per heavy atom. The summed E-state index contributed by atoms with van der Waals surface area (Å²) in [6, 6.07) is 0. The molecule has 0 radical (unpaired) electrons. The molecule has 1 heterocycles. The Morgan fingerprint density at radius 2 is 2.39 bits per heavy atom. The van der Waals surface area contributed by atoms with Crippen LogP contribution in [0.15, 0.2) is 36.0 Å². The lowest BCUT2D eigenvalue weighted by molar-refractivity contribution is -0.143. The number of cyclic esters (lactones) is 1. The molecule has 100 valence electrons. The van der Waals surface area contributed by atoms with Gasteiger partial charge in [-0.1, -0.05) is 18.2 Å². The van der Waals surface area contributed by atoms with E-state index in [-0.39, 0.29) is 12.1 Å². The smallest absolute Gasteiger partial charge is 0.333 e. The molecule has 0 spiro atoms. The molecule has 0 fully saturated rings. The number of carbonyl (C=O) groups is 1. The van der Waals surface area contributed by atoms with Crippen LogP contribution in [0.4, 0.5) is 0 Å². The molecular formula is C15H22O3. The van der Waals surface area contributed by atoms with Crippen molar-refractivity contribution in [3.05, 3.63) is 36.0 Å². The van der Waals surface area contributed by atoms with E-state index in [1.807, 2.05) is 19.1 Å². The van der Waals surface area contributed by atoms with Gasteiger partial charge in [-0.05, 0) is 39.2 Å². The summed E-state index contributed by atoms with van der Waals surface area (Å²) in [4.78, 5) is 11.4. The van der Waals surface area contributed by atoms with Crippen molar-refractivity contribution < 1.29 is 14.6 Å². The second-order valence-corrected chi connectivity index (χ2v) is 5.06.